The van der Waals surface area contributed by atoms with Crippen LogP contribution in [0.2, 0.25) is 5.02 Å². The zero-order valence-electron chi connectivity index (χ0n) is 14.3. The minimum absolute atomic E-state index is 0.0589. The zero-order valence-corrected chi connectivity index (χ0v) is 15.9. The Kier molecular flexibility index (Phi) is 6.01. The third-order valence-corrected chi connectivity index (χ3v) is 6.52. The fraction of sp³-hybridized carbons (Fsp3) is 0.278. The van der Waals surface area contributed by atoms with Crippen molar-refractivity contribution in [2.24, 2.45) is 0 Å². The van der Waals surface area contributed by atoms with Gasteiger partial charge in [0.1, 0.15) is 17.5 Å². The predicted molar refractivity (Wildman–Crippen MR) is 99.4 cm³/mol. The van der Waals surface area contributed by atoms with E-state index in [2.05, 4.69) is 0 Å². The molecule has 1 aliphatic heterocycles. The molecule has 0 radical (unpaired) electrons. The van der Waals surface area contributed by atoms with Gasteiger partial charge in [0.15, 0.2) is 0 Å². The van der Waals surface area contributed by atoms with E-state index >= 15 is 0 Å². The maximum atomic E-state index is 12.9. The van der Waals surface area contributed by atoms with Crippen LogP contribution in [0.1, 0.15) is 19.3 Å². The number of hydrogen-bond acceptors (Lipinski definition) is 5. The lowest BCUT2D eigenvalue weighted by Crippen LogP contribution is -2.51. The van der Waals surface area contributed by atoms with Gasteiger partial charge in [-0.2, -0.15) is 4.31 Å². The largest absolute Gasteiger partial charge is 0.457 e. The zero-order chi connectivity index (χ0) is 19.4. The Morgan fingerprint density at radius 3 is 2.26 bits per heavy atom. The molecule has 2 aromatic carbocycles. The van der Waals surface area contributed by atoms with Crippen molar-refractivity contribution in [3.63, 3.8) is 0 Å². The molecule has 0 aliphatic carbocycles. The smallest absolute Gasteiger partial charge is 0.261 e. The second kappa shape index (κ2) is 8.26. The van der Waals surface area contributed by atoms with Crippen molar-refractivity contribution in [1.82, 2.24) is 9.79 Å². The first-order valence-electron chi connectivity index (χ1n) is 8.41. The lowest BCUT2D eigenvalue weighted by Gasteiger charge is -2.33. The van der Waals surface area contributed by atoms with Gasteiger partial charge in [0.05, 0.1) is 4.90 Å². The van der Waals surface area contributed by atoms with Gasteiger partial charge in [-0.15, -0.1) is 0 Å². The summed E-state index contributed by atoms with van der Waals surface area (Å²) in [5.41, 5.74) is 1.55. The third-order valence-electron chi connectivity index (χ3n) is 4.35. The van der Waals surface area contributed by atoms with Gasteiger partial charge in [-0.25, -0.2) is 13.9 Å². The highest BCUT2D eigenvalue weighted by Gasteiger charge is 2.37. The van der Waals surface area contributed by atoms with E-state index in [1.165, 1.54) is 12.1 Å². The molecule has 0 spiro atoms. The van der Waals surface area contributed by atoms with Crippen molar-refractivity contribution in [2.75, 3.05) is 6.54 Å². The molecule has 27 heavy (non-hydrogen) atoms. The van der Waals surface area contributed by atoms with Crippen molar-refractivity contribution in [3.8, 4) is 11.5 Å². The molecule has 2 N–H and O–H groups in total. The van der Waals surface area contributed by atoms with Gasteiger partial charge in [0.25, 0.3) is 5.91 Å². The van der Waals surface area contributed by atoms with Crippen LogP contribution in [0, 0.1) is 0 Å². The second-order valence-corrected chi connectivity index (χ2v) is 8.46. The van der Waals surface area contributed by atoms with Crippen LogP contribution in [0.4, 0.5) is 0 Å². The summed E-state index contributed by atoms with van der Waals surface area (Å²) < 4.78 is 32.7. The molecule has 1 amide bonds. The summed E-state index contributed by atoms with van der Waals surface area (Å²) in [4.78, 5) is 11.9. The lowest BCUT2D eigenvalue weighted by atomic mass is 10.0. The number of hydroxylamine groups is 1. The van der Waals surface area contributed by atoms with Crippen molar-refractivity contribution in [3.05, 3.63) is 53.6 Å². The van der Waals surface area contributed by atoms with E-state index in [1.807, 2.05) is 0 Å². The molecule has 1 heterocycles. The van der Waals surface area contributed by atoms with Gasteiger partial charge in [0, 0.05) is 11.6 Å². The van der Waals surface area contributed by atoms with Gasteiger partial charge in [-0.1, -0.05) is 18.0 Å². The molecule has 1 aliphatic rings. The number of amides is 1. The second-order valence-electron chi connectivity index (χ2n) is 6.13. The molecule has 0 aromatic heterocycles. The first-order chi connectivity index (χ1) is 12.9. The highest BCUT2D eigenvalue weighted by atomic mass is 35.5. The lowest BCUT2D eigenvalue weighted by molar-refractivity contribution is -0.134. The number of benzene rings is 2. The van der Waals surface area contributed by atoms with Crippen LogP contribution in [-0.2, 0) is 14.8 Å². The molecule has 0 bridgehead atoms. The van der Waals surface area contributed by atoms with Crippen molar-refractivity contribution in [1.29, 1.82) is 0 Å². The average molecular weight is 411 g/mol. The summed E-state index contributed by atoms with van der Waals surface area (Å²) in [6, 6.07) is 11.8. The van der Waals surface area contributed by atoms with Crippen molar-refractivity contribution >= 4 is 27.5 Å². The number of piperidine rings is 1. The minimum Gasteiger partial charge on any atom is -0.457 e. The molecular formula is C18H19ClN2O5S. The SMILES string of the molecule is O=C(NO)[C@H]1CCCCN1S(=O)(=O)c1ccc(Oc2ccc(Cl)cc2)cc1. The van der Waals surface area contributed by atoms with E-state index < -0.39 is 22.0 Å². The Bertz CT molecular complexity index is 900. The molecule has 144 valence electrons. The molecule has 9 heteroatoms. The minimum atomic E-state index is -3.87. The van der Waals surface area contributed by atoms with Gasteiger partial charge >= 0.3 is 0 Å². The number of nitrogens with one attached hydrogen (secondary N) is 1. The normalized spacial score (nSPS) is 18.1. The summed E-state index contributed by atoms with van der Waals surface area (Å²) >= 11 is 5.83. The molecule has 2 aromatic rings. The van der Waals surface area contributed by atoms with Crippen molar-refractivity contribution in [2.45, 2.75) is 30.2 Å². The molecule has 7 nitrogen and oxygen atoms in total. The van der Waals surface area contributed by atoms with Crippen LogP contribution in [0.5, 0.6) is 11.5 Å². The summed E-state index contributed by atoms with van der Waals surface area (Å²) in [5, 5.41) is 9.48. The van der Waals surface area contributed by atoms with E-state index in [-0.39, 0.29) is 11.4 Å². The first kappa shape index (κ1) is 19.6. The van der Waals surface area contributed by atoms with Crippen molar-refractivity contribution < 1.29 is 23.2 Å². The Morgan fingerprint density at radius 2 is 1.67 bits per heavy atom. The number of sulfonamides is 1. The summed E-state index contributed by atoms with van der Waals surface area (Å²) in [5.74, 6) is 0.325. The van der Waals surface area contributed by atoms with Crippen LogP contribution < -0.4 is 10.2 Å². The number of carbonyl (C=O) groups is 1. The van der Waals surface area contributed by atoms with E-state index in [0.29, 0.717) is 29.4 Å². The highest BCUT2D eigenvalue weighted by molar-refractivity contribution is 7.89. The first-order valence-corrected chi connectivity index (χ1v) is 10.2. The van der Waals surface area contributed by atoms with E-state index in [4.69, 9.17) is 21.5 Å². The van der Waals surface area contributed by atoms with Gasteiger partial charge < -0.3 is 4.74 Å². The highest BCUT2D eigenvalue weighted by Crippen LogP contribution is 2.28. The molecule has 0 unspecified atom stereocenters. The number of nitrogens with zero attached hydrogens (tertiary/aromatic N) is 1. The monoisotopic (exact) mass is 410 g/mol. The molecule has 1 atom stereocenters. The standard InChI is InChI=1S/C18H19ClN2O5S/c19-13-4-6-14(7-5-13)26-15-8-10-16(11-9-15)27(24,25)21-12-2-1-3-17(21)18(22)20-23/h4-11,17,23H,1-3,12H2,(H,20,22)/t17-/m1/s1. The number of ether oxygens (including phenoxy) is 1. The number of halogens is 1. The topological polar surface area (TPSA) is 95.9 Å². The van der Waals surface area contributed by atoms with Crippen LogP contribution in [-0.4, -0.2) is 36.4 Å². The molecule has 1 fully saturated rings. The van der Waals surface area contributed by atoms with Crippen LogP contribution in [0.15, 0.2) is 53.4 Å². The average Bonchev–Trinajstić information content (AvgIpc) is 2.69. The maximum absolute atomic E-state index is 12.9. The van der Waals surface area contributed by atoms with Crippen LogP contribution >= 0.6 is 11.6 Å². The fourth-order valence-electron chi connectivity index (χ4n) is 2.98. The number of carbonyl (C=O) groups excluding carboxylic acids is 1. The van der Waals surface area contributed by atoms with Crippen LogP contribution in [0.3, 0.4) is 0 Å². The summed E-state index contributed by atoms with van der Waals surface area (Å²) in [6.07, 6.45) is 1.74. The fourth-order valence-corrected chi connectivity index (χ4v) is 4.77. The Morgan fingerprint density at radius 1 is 1.07 bits per heavy atom. The van der Waals surface area contributed by atoms with E-state index in [9.17, 15) is 13.2 Å². The molecule has 1 saturated heterocycles. The number of hydrogen-bond donors (Lipinski definition) is 2. The molecule has 3 rings (SSSR count). The van der Waals surface area contributed by atoms with Gasteiger partial charge in [-0.05, 0) is 61.4 Å². The molecule has 0 saturated carbocycles. The maximum Gasteiger partial charge on any atom is 0.261 e. The van der Waals surface area contributed by atoms with Gasteiger partial charge in [0.2, 0.25) is 10.0 Å². The van der Waals surface area contributed by atoms with Crippen LogP contribution in [0.25, 0.3) is 0 Å². The quantitative estimate of drug-likeness (QED) is 0.583. The third kappa shape index (κ3) is 4.41. The Labute approximate surface area is 162 Å². The number of rotatable bonds is 5. The van der Waals surface area contributed by atoms with E-state index in [0.717, 1.165) is 10.7 Å². The Balaban J connectivity index is 1.80. The van der Waals surface area contributed by atoms with Gasteiger partial charge in [-0.3, -0.25) is 10.0 Å². The summed E-state index contributed by atoms with van der Waals surface area (Å²) in [7, 11) is -3.87. The Hall–Kier alpha value is -2.13. The molecular weight excluding hydrogens is 392 g/mol. The summed E-state index contributed by atoms with van der Waals surface area (Å²) in [6.45, 7) is 0.226. The van der Waals surface area contributed by atoms with E-state index in [1.54, 1.807) is 41.9 Å². The predicted octanol–water partition coefficient (Wildman–Crippen LogP) is 3.18.